The van der Waals surface area contributed by atoms with Gasteiger partial charge in [0.05, 0.1) is 23.0 Å². The Hall–Kier alpha value is -2.45. The number of thioether (sulfide) groups is 1. The number of carbonyl (C=O) groups is 1. The molecule has 2 unspecified atom stereocenters. The van der Waals surface area contributed by atoms with E-state index in [0.717, 1.165) is 19.0 Å². The maximum atomic E-state index is 10.7. The fraction of sp³-hybridized carbons (Fsp3) is 0.263. The molecule has 1 aromatic carbocycles. The number of carboxylic acid groups (broad SMARTS) is 1. The maximum Gasteiger partial charge on any atom is 0.329 e. The predicted octanol–water partition coefficient (Wildman–Crippen LogP) is 3.78. The van der Waals surface area contributed by atoms with Crippen molar-refractivity contribution in [3.8, 4) is 6.07 Å². The number of nitriles is 1. The van der Waals surface area contributed by atoms with Crippen LogP contribution in [-0.4, -0.2) is 28.9 Å². The number of aliphatic carboxylic acids is 1. The van der Waals surface area contributed by atoms with Crippen LogP contribution in [0.25, 0.3) is 0 Å². The van der Waals surface area contributed by atoms with Crippen LogP contribution < -0.4 is 4.90 Å². The standard InChI is InChI=1S/C19H18N2O2S/c20-13-14(12-19(22)23)6-5-11-21-15-7-1-3-9-17(15)24-18-10-4-2-8-16(18)21/h1-4,7-10,12,15,17H,5-6,11H2,(H,22,23)/b14-12-. The summed E-state index contributed by atoms with van der Waals surface area (Å²) in [6, 6.07) is 10.6. The number of carboxylic acids is 1. The van der Waals surface area contributed by atoms with Gasteiger partial charge in [-0.1, -0.05) is 36.4 Å². The number of para-hydroxylation sites is 1. The third-order valence-electron chi connectivity index (χ3n) is 4.14. The van der Waals surface area contributed by atoms with Gasteiger partial charge >= 0.3 is 5.97 Å². The van der Waals surface area contributed by atoms with E-state index in [1.807, 2.05) is 23.9 Å². The first kappa shape index (κ1) is 16.4. The summed E-state index contributed by atoms with van der Waals surface area (Å²) in [4.78, 5) is 14.4. The van der Waals surface area contributed by atoms with Crippen LogP contribution in [0, 0.1) is 11.3 Å². The molecule has 1 aliphatic heterocycles. The van der Waals surface area contributed by atoms with Crippen LogP contribution >= 0.6 is 11.8 Å². The van der Waals surface area contributed by atoms with Gasteiger partial charge in [0.25, 0.3) is 0 Å². The number of rotatable bonds is 5. The molecule has 2 atom stereocenters. The van der Waals surface area contributed by atoms with E-state index in [1.54, 1.807) is 0 Å². The smallest absolute Gasteiger partial charge is 0.329 e. The molecule has 0 aromatic heterocycles. The molecule has 0 amide bonds. The number of benzene rings is 1. The van der Waals surface area contributed by atoms with Gasteiger partial charge in [0.2, 0.25) is 0 Å². The molecule has 122 valence electrons. The van der Waals surface area contributed by atoms with Gasteiger partial charge in [0.15, 0.2) is 0 Å². The molecule has 2 aliphatic rings. The molecule has 4 nitrogen and oxygen atoms in total. The van der Waals surface area contributed by atoms with E-state index in [0.29, 0.717) is 23.3 Å². The van der Waals surface area contributed by atoms with Gasteiger partial charge < -0.3 is 10.0 Å². The van der Waals surface area contributed by atoms with Crippen LogP contribution in [-0.2, 0) is 4.79 Å². The predicted molar refractivity (Wildman–Crippen MR) is 96.1 cm³/mol. The van der Waals surface area contributed by atoms with E-state index in [2.05, 4.69) is 47.4 Å². The van der Waals surface area contributed by atoms with Crippen LogP contribution in [0.4, 0.5) is 5.69 Å². The van der Waals surface area contributed by atoms with Gasteiger partial charge in [-0.05, 0) is 25.0 Å². The number of allylic oxidation sites excluding steroid dienone is 3. The Kier molecular flexibility index (Phi) is 5.07. The highest BCUT2D eigenvalue weighted by molar-refractivity contribution is 8.00. The molecule has 0 fully saturated rings. The van der Waals surface area contributed by atoms with Crippen molar-refractivity contribution in [3.63, 3.8) is 0 Å². The largest absolute Gasteiger partial charge is 0.478 e. The van der Waals surface area contributed by atoms with E-state index in [9.17, 15) is 4.79 Å². The Morgan fingerprint density at radius 3 is 2.92 bits per heavy atom. The first-order chi connectivity index (χ1) is 11.7. The van der Waals surface area contributed by atoms with Crippen molar-refractivity contribution in [2.24, 2.45) is 0 Å². The Bertz CT molecular complexity index is 761. The monoisotopic (exact) mass is 338 g/mol. The van der Waals surface area contributed by atoms with E-state index in [1.165, 1.54) is 10.6 Å². The summed E-state index contributed by atoms with van der Waals surface area (Å²) in [6.07, 6.45) is 10.8. The summed E-state index contributed by atoms with van der Waals surface area (Å²) >= 11 is 1.88. The third kappa shape index (κ3) is 3.55. The molecule has 0 spiro atoms. The molecule has 1 aromatic rings. The number of fused-ring (bicyclic) bond motifs is 2. The van der Waals surface area contributed by atoms with Gasteiger partial charge in [-0.3, -0.25) is 0 Å². The molecular weight excluding hydrogens is 320 g/mol. The normalized spacial score (nSPS) is 21.8. The zero-order chi connectivity index (χ0) is 16.9. The lowest BCUT2D eigenvalue weighted by atomic mass is 10.0. The minimum absolute atomic E-state index is 0.295. The summed E-state index contributed by atoms with van der Waals surface area (Å²) in [5, 5.41) is 18.2. The maximum absolute atomic E-state index is 10.7. The second-order valence-corrected chi connectivity index (χ2v) is 6.95. The molecule has 0 saturated carbocycles. The van der Waals surface area contributed by atoms with Crippen LogP contribution in [0.15, 0.2) is 65.1 Å². The van der Waals surface area contributed by atoms with Crippen molar-refractivity contribution in [2.45, 2.75) is 29.0 Å². The minimum Gasteiger partial charge on any atom is -0.478 e. The summed E-state index contributed by atoms with van der Waals surface area (Å²) < 4.78 is 0. The summed E-state index contributed by atoms with van der Waals surface area (Å²) in [6.45, 7) is 0.787. The molecule has 0 radical (unpaired) electrons. The van der Waals surface area contributed by atoms with Gasteiger partial charge in [0, 0.05) is 23.1 Å². The molecule has 24 heavy (non-hydrogen) atoms. The summed E-state index contributed by atoms with van der Waals surface area (Å²) in [7, 11) is 0. The van der Waals surface area contributed by atoms with Crippen molar-refractivity contribution >= 4 is 23.4 Å². The second kappa shape index (κ2) is 7.41. The average molecular weight is 338 g/mol. The lowest BCUT2D eigenvalue weighted by Gasteiger charge is -2.42. The van der Waals surface area contributed by atoms with E-state index < -0.39 is 5.97 Å². The lowest BCUT2D eigenvalue weighted by molar-refractivity contribution is -0.131. The first-order valence-corrected chi connectivity index (χ1v) is 8.78. The molecule has 5 heteroatoms. The molecule has 1 heterocycles. The van der Waals surface area contributed by atoms with Crippen molar-refractivity contribution < 1.29 is 9.90 Å². The Morgan fingerprint density at radius 1 is 1.33 bits per heavy atom. The van der Waals surface area contributed by atoms with Crippen molar-refractivity contribution in [2.75, 3.05) is 11.4 Å². The highest BCUT2D eigenvalue weighted by Gasteiger charge is 2.32. The first-order valence-electron chi connectivity index (χ1n) is 7.90. The summed E-state index contributed by atoms with van der Waals surface area (Å²) in [5.41, 5.74) is 1.53. The molecule has 3 rings (SSSR count). The molecular formula is C19H18N2O2S. The Morgan fingerprint density at radius 2 is 2.12 bits per heavy atom. The fourth-order valence-corrected chi connectivity index (χ4v) is 4.39. The van der Waals surface area contributed by atoms with Crippen LogP contribution in [0.2, 0.25) is 0 Å². The molecule has 1 aliphatic carbocycles. The fourth-order valence-electron chi connectivity index (χ4n) is 3.09. The van der Waals surface area contributed by atoms with Crippen LogP contribution in [0.1, 0.15) is 12.8 Å². The number of hydrogen-bond donors (Lipinski definition) is 1. The van der Waals surface area contributed by atoms with E-state index in [4.69, 9.17) is 10.4 Å². The zero-order valence-corrected chi connectivity index (χ0v) is 13.9. The lowest BCUT2D eigenvalue weighted by Crippen LogP contribution is -2.44. The molecule has 0 bridgehead atoms. The van der Waals surface area contributed by atoms with Gasteiger partial charge in [-0.15, -0.1) is 11.8 Å². The van der Waals surface area contributed by atoms with Crippen molar-refractivity contribution in [1.29, 1.82) is 5.26 Å². The molecule has 1 N–H and O–H groups in total. The topological polar surface area (TPSA) is 64.3 Å². The zero-order valence-electron chi connectivity index (χ0n) is 13.1. The van der Waals surface area contributed by atoms with E-state index in [-0.39, 0.29) is 0 Å². The van der Waals surface area contributed by atoms with Crippen LogP contribution in [0.3, 0.4) is 0 Å². The second-order valence-electron chi connectivity index (χ2n) is 5.73. The van der Waals surface area contributed by atoms with Gasteiger partial charge in [-0.2, -0.15) is 5.26 Å². The summed E-state index contributed by atoms with van der Waals surface area (Å²) in [5.74, 6) is -1.06. The Balaban J connectivity index is 1.76. The SMILES string of the molecule is N#C/C(=C\C(=O)O)CCCN1c2ccccc2SC2C=CC=CC21. The average Bonchev–Trinajstić information content (AvgIpc) is 2.59. The van der Waals surface area contributed by atoms with E-state index >= 15 is 0 Å². The Labute approximate surface area is 145 Å². The van der Waals surface area contributed by atoms with Gasteiger partial charge in [-0.25, -0.2) is 4.79 Å². The number of anilines is 1. The van der Waals surface area contributed by atoms with Crippen LogP contribution in [0.5, 0.6) is 0 Å². The van der Waals surface area contributed by atoms with Crippen molar-refractivity contribution in [3.05, 3.63) is 60.2 Å². The highest BCUT2D eigenvalue weighted by atomic mass is 32.2. The van der Waals surface area contributed by atoms with Gasteiger partial charge in [0.1, 0.15) is 0 Å². The number of hydrogen-bond acceptors (Lipinski definition) is 4. The van der Waals surface area contributed by atoms with Crippen molar-refractivity contribution in [1.82, 2.24) is 0 Å². The third-order valence-corrected chi connectivity index (χ3v) is 5.45. The highest BCUT2D eigenvalue weighted by Crippen LogP contribution is 2.43. The quantitative estimate of drug-likeness (QED) is 0.654. The number of nitrogens with zero attached hydrogens (tertiary/aromatic N) is 2. The minimum atomic E-state index is -1.06. The molecule has 0 saturated heterocycles.